The van der Waals surface area contributed by atoms with Gasteiger partial charge < -0.3 is 25.6 Å². The molecule has 1 saturated heterocycles. The van der Waals surface area contributed by atoms with Crippen LogP contribution < -0.4 is 20.9 Å². The Morgan fingerprint density at radius 1 is 1.22 bits per heavy atom. The Bertz CT molecular complexity index is 1160. The SMILES string of the molecule is O=C(NC[C@@H](NCCC1CC1)C(=O)Nc1ccc(N2CCOCC2=O)cc1C(F)(F)F)c1ccc(Cl)s1. The Kier molecular flexibility index (Phi) is 8.73. The molecule has 4 rings (SSSR count). The van der Waals surface area contributed by atoms with Crippen LogP contribution in [0.15, 0.2) is 30.3 Å². The predicted molar refractivity (Wildman–Crippen MR) is 134 cm³/mol. The molecule has 0 spiro atoms. The highest BCUT2D eigenvalue weighted by Gasteiger charge is 2.36. The number of anilines is 2. The van der Waals surface area contributed by atoms with Gasteiger partial charge in [0, 0.05) is 18.8 Å². The molecule has 3 N–H and O–H groups in total. The number of ether oxygens (including phenoxy) is 1. The molecule has 1 saturated carbocycles. The standard InChI is InChI=1S/C24H26ClF3N4O4S/c25-20-6-5-19(37-20)23(35)30-12-18(29-8-7-14-1-2-14)22(34)31-17-4-3-15(11-16(17)24(26,27)28)32-9-10-36-13-21(32)33/h3-6,11,14,18,29H,1-2,7-10,12-13H2,(H,30,35)(H,31,34)/t18-/m1/s1. The molecule has 0 bridgehead atoms. The van der Waals surface area contributed by atoms with Crippen LogP contribution in [0.3, 0.4) is 0 Å². The molecule has 1 aromatic carbocycles. The van der Waals surface area contributed by atoms with Gasteiger partial charge in [-0.3, -0.25) is 14.4 Å². The van der Waals surface area contributed by atoms with Gasteiger partial charge >= 0.3 is 6.18 Å². The molecule has 1 aromatic heterocycles. The fraction of sp³-hybridized carbons (Fsp3) is 0.458. The molecule has 2 aromatic rings. The number of hydrogen-bond donors (Lipinski definition) is 3. The van der Waals surface area contributed by atoms with E-state index < -0.39 is 41.2 Å². The molecule has 2 heterocycles. The van der Waals surface area contributed by atoms with Gasteiger partial charge in [-0.15, -0.1) is 11.3 Å². The highest BCUT2D eigenvalue weighted by Crippen LogP contribution is 2.38. The number of benzene rings is 1. The van der Waals surface area contributed by atoms with E-state index in [9.17, 15) is 27.6 Å². The van der Waals surface area contributed by atoms with Crippen LogP contribution in [0.5, 0.6) is 0 Å². The Morgan fingerprint density at radius 3 is 2.65 bits per heavy atom. The van der Waals surface area contributed by atoms with Crippen molar-refractivity contribution >= 4 is 52.0 Å². The second-order valence-corrected chi connectivity index (χ2v) is 10.6. The summed E-state index contributed by atoms with van der Waals surface area (Å²) in [6.07, 6.45) is -1.73. The first-order valence-electron chi connectivity index (χ1n) is 11.8. The minimum atomic E-state index is -4.78. The van der Waals surface area contributed by atoms with Crippen LogP contribution in [-0.2, 0) is 20.5 Å². The molecule has 1 atom stereocenters. The van der Waals surface area contributed by atoms with Crippen LogP contribution in [0, 0.1) is 5.92 Å². The third kappa shape index (κ3) is 7.44. The van der Waals surface area contributed by atoms with Gasteiger partial charge in [0.25, 0.3) is 11.8 Å². The highest BCUT2D eigenvalue weighted by molar-refractivity contribution is 7.18. The molecule has 3 amide bonds. The van der Waals surface area contributed by atoms with E-state index in [2.05, 4.69) is 16.0 Å². The number of morpholine rings is 1. The number of thiophene rings is 1. The summed E-state index contributed by atoms with van der Waals surface area (Å²) in [5.41, 5.74) is -1.45. The van der Waals surface area contributed by atoms with Crippen LogP contribution in [0.2, 0.25) is 4.34 Å². The van der Waals surface area contributed by atoms with Gasteiger partial charge in [0.15, 0.2) is 0 Å². The van der Waals surface area contributed by atoms with E-state index in [0.717, 1.165) is 42.7 Å². The summed E-state index contributed by atoms with van der Waals surface area (Å²) in [6.45, 7) is 0.477. The molecular formula is C24H26ClF3N4O4S. The first kappa shape index (κ1) is 27.4. The second kappa shape index (κ2) is 11.8. The van der Waals surface area contributed by atoms with E-state index >= 15 is 0 Å². The molecule has 2 fully saturated rings. The summed E-state index contributed by atoms with van der Waals surface area (Å²) in [7, 11) is 0. The van der Waals surface area contributed by atoms with Gasteiger partial charge in [-0.2, -0.15) is 13.2 Å². The number of hydrogen-bond acceptors (Lipinski definition) is 6. The third-order valence-electron chi connectivity index (χ3n) is 6.08. The molecule has 2 aliphatic rings. The molecule has 0 unspecified atom stereocenters. The molecule has 37 heavy (non-hydrogen) atoms. The highest BCUT2D eigenvalue weighted by atomic mass is 35.5. The van der Waals surface area contributed by atoms with E-state index in [-0.39, 0.29) is 32.0 Å². The van der Waals surface area contributed by atoms with Gasteiger partial charge in [0.05, 0.1) is 27.1 Å². The summed E-state index contributed by atoms with van der Waals surface area (Å²) < 4.78 is 47.2. The quantitative estimate of drug-likeness (QED) is 0.411. The predicted octanol–water partition coefficient (Wildman–Crippen LogP) is 3.91. The van der Waals surface area contributed by atoms with Gasteiger partial charge in [0.1, 0.15) is 12.6 Å². The van der Waals surface area contributed by atoms with E-state index in [4.69, 9.17) is 16.3 Å². The average Bonchev–Trinajstić information content (AvgIpc) is 3.58. The van der Waals surface area contributed by atoms with Crippen molar-refractivity contribution in [2.45, 2.75) is 31.5 Å². The fourth-order valence-electron chi connectivity index (χ4n) is 3.90. The number of halogens is 4. The largest absolute Gasteiger partial charge is 0.418 e. The lowest BCUT2D eigenvalue weighted by Crippen LogP contribution is -2.49. The van der Waals surface area contributed by atoms with Crippen molar-refractivity contribution in [3.8, 4) is 0 Å². The lowest BCUT2D eigenvalue weighted by atomic mass is 10.1. The van der Waals surface area contributed by atoms with E-state index in [1.807, 2.05) is 0 Å². The lowest BCUT2D eigenvalue weighted by Gasteiger charge is -2.28. The van der Waals surface area contributed by atoms with Crippen molar-refractivity contribution in [1.29, 1.82) is 0 Å². The molecular weight excluding hydrogens is 533 g/mol. The van der Waals surface area contributed by atoms with Crippen molar-refractivity contribution in [2.24, 2.45) is 5.92 Å². The van der Waals surface area contributed by atoms with Crippen LogP contribution >= 0.6 is 22.9 Å². The molecule has 8 nitrogen and oxygen atoms in total. The van der Waals surface area contributed by atoms with E-state index in [1.54, 1.807) is 12.1 Å². The zero-order valence-corrected chi connectivity index (χ0v) is 21.3. The van der Waals surface area contributed by atoms with Gasteiger partial charge in [-0.25, -0.2) is 0 Å². The Morgan fingerprint density at radius 2 is 2.00 bits per heavy atom. The first-order valence-corrected chi connectivity index (χ1v) is 13.0. The van der Waals surface area contributed by atoms with Gasteiger partial charge in [-0.1, -0.05) is 24.4 Å². The van der Waals surface area contributed by atoms with Crippen molar-refractivity contribution in [2.75, 3.05) is 43.1 Å². The summed E-state index contributed by atoms with van der Waals surface area (Å²) >= 11 is 6.95. The number of carbonyl (C=O) groups is 3. The zero-order valence-electron chi connectivity index (χ0n) is 19.7. The number of amides is 3. The Balaban J connectivity index is 1.49. The summed E-state index contributed by atoms with van der Waals surface area (Å²) in [5, 5.41) is 8.06. The Hall–Kier alpha value is -2.67. The first-order chi connectivity index (χ1) is 17.6. The maximum absolute atomic E-state index is 13.9. The second-order valence-electron chi connectivity index (χ2n) is 8.87. The van der Waals surface area contributed by atoms with Crippen LogP contribution in [0.4, 0.5) is 24.5 Å². The maximum atomic E-state index is 13.9. The average molecular weight is 559 g/mol. The van der Waals surface area contributed by atoms with Crippen molar-refractivity contribution in [3.05, 3.63) is 45.1 Å². The Labute approximate surface area is 220 Å². The van der Waals surface area contributed by atoms with Gasteiger partial charge in [0.2, 0.25) is 5.91 Å². The van der Waals surface area contributed by atoms with E-state index in [1.165, 1.54) is 11.0 Å². The molecule has 200 valence electrons. The smallest absolute Gasteiger partial charge is 0.370 e. The van der Waals surface area contributed by atoms with Crippen molar-refractivity contribution < 1.29 is 32.3 Å². The van der Waals surface area contributed by atoms with Crippen molar-refractivity contribution in [3.63, 3.8) is 0 Å². The maximum Gasteiger partial charge on any atom is 0.418 e. The van der Waals surface area contributed by atoms with Crippen LogP contribution in [0.1, 0.15) is 34.5 Å². The van der Waals surface area contributed by atoms with E-state index in [0.29, 0.717) is 21.7 Å². The molecule has 1 aliphatic heterocycles. The summed E-state index contributed by atoms with van der Waals surface area (Å²) in [4.78, 5) is 39.2. The van der Waals surface area contributed by atoms with Crippen LogP contribution in [0.25, 0.3) is 0 Å². The molecule has 1 aliphatic carbocycles. The summed E-state index contributed by atoms with van der Waals surface area (Å²) in [6, 6.07) is 5.48. The molecule has 0 radical (unpaired) electrons. The van der Waals surface area contributed by atoms with Gasteiger partial charge in [-0.05, 0) is 49.2 Å². The topological polar surface area (TPSA) is 99.8 Å². The molecule has 13 heteroatoms. The monoisotopic (exact) mass is 558 g/mol. The normalized spacial score (nSPS) is 17.0. The van der Waals surface area contributed by atoms with Crippen molar-refractivity contribution in [1.82, 2.24) is 10.6 Å². The minimum absolute atomic E-state index is 0.0691. The minimum Gasteiger partial charge on any atom is -0.370 e. The third-order valence-corrected chi connectivity index (χ3v) is 7.31. The lowest BCUT2D eigenvalue weighted by molar-refractivity contribution is -0.137. The fourth-order valence-corrected chi connectivity index (χ4v) is 4.86. The number of carbonyl (C=O) groups excluding carboxylic acids is 3. The number of nitrogens with zero attached hydrogens (tertiary/aromatic N) is 1. The number of alkyl halides is 3. The number of nitrogens with one attached hydrogen (secondary N) is 3. The van der Waals surface area contributed by atoms with Crippen LogP contribution in [-0.4, -0.2) is 56.6 Å². The summed E-state index contributed by atoms with van der Waals surface area (Å²) in [5.74, 6) is -1.03. The zero-order chi connectivity index (χ0) is 26.6. The number of rotatable bonds is 10.